The molecule has 6 unspecified atom stereocenters. The minimum Gasteiger partial charge on any atom is -0.458 e. The van der Waals surface area contributed by atoms with Gasteiger partial charge in [0.15, 0.2) is 0 Å². The van der Waals surface area contributed by atoms with Crippen molar-refractivity contribution >= 4 is 5.97 Å². The van der Waals surface area contributed by atoms with Crippen LogP contribution in [0.2, 0.25) is 0 Å². The predicted octanol–water partition coefficient (Wildman–Crippen LogP) is 2.29. The van der Waals surface area contributed by atoms with Gasteiger partial charge in [0, 0.05) is 11.5 Å². The number of carbonyl (C=O) groups excluding carboxylic acids is 1. The Morgan fingerprint density at radius 2 is 2.33 bits per heavy atom. The molecule has 3 heteroatoms. The minimum absolute atomic E-state index is 0.0720. The maximum Gasteiger partial charge on any atom is 0.334 e. The highest BCUT2D eigenvalue weighted by Crippen LogP contribution is 2.70. The second-order valence-electron chi connectivity index (χ2n) is 6.66. The topological polar surface area (TPSA) is 46.5 Å². The summed E-state index contributed by atoms with van der Waals surface area (Å²) in [6.45, 7) is 8.05. The zero-order chi connectivity index (χ0) is 13.1. The Labute approximate surface area is 108 Å². The molecule has 3 fully saturated rings. The maximum atomic E-state index is 11.5. The van der Waals surface area contributed by atoms with E-state index in [0.29, 0.717) is 22.8 Å². The van der Waals surface area contributed by atoms with Crippen molar-refractivity contribution in [3.63, 3.8) is 0 Å². The van der Waals surface area contributed by atoms with Crippen LogP contribution < -0.4 is 0 Å². The van der Waals surface area contributed by atoms with E-state index in [1.807, 2.05) is 6.92 Å². The third-order valence-corrected chi connectivity index (χ3v) is 5.53. The van der Waals surface area contributed by atoms with Gasteiger partial charge in [0.1, 0.15) is 6.10 Å². The first-order chi connectivity index (χ1) is 8.43. The summed E-state index contributed by atoms with van der Waals surface area (Å²) in [5.74, 6) is 1.47. The summed E-state index contributed by atoms with van der Waals surface area (Å²) >= 11 is 0. The fraction of sp³-hybridized carbons (Fsp3) is 0.800. The average molecular weight is 250 g/mol. The second-order valence-corrected chi connectivity index (χ2v) is 6.66. The van der Waals surface area contributed by atoms with Gasteiger partial charge in [0.05, 0.1) is 6.10 Å². The predicted molar refractivity (Wildman–Crippen MR) is 67.7 cm³/mol. The van der Waals surface area contributed by atoms with Crippen molar-refractivity contribution in [1.29, 1.82) is 0 Å². The molecule has 6 atom stereocenters. The van der Waals surface area contributed by atoms with Crippen molar-refractivity contribution in [3.8, 4) is 0 Å². The zero-order valence-electron chi connectivity index (χ0n) is 11.2. The van der Waals surface area contributed by atoms with Gasteiger partial charge in [-0.05, 0) is 49.9 Å². The number of aliphatic hydroxyl groups is 1. The van der Waals surface area contributed by atoms with E-state index >= 15 is 0 Å². The molecule has 0 aromatic rings. The minimum atomic E-state index is -0.205. The SMILES string of the molecule is C=C1C(=O)OC2CC3(C)C(CCC(C)O)C3CC12. The first kappa shape index (κ1) is 12.2. The first-order valence-corrected chi connectivity index (χ1v) is 7.01. The molecule has 0 bridgehead atoms. The van der Waals surface area contributed by atoms with E-state index in [9.17, 15) is 9.90 Å². The van der Waals surface area contributed by atoms with Crippen LogP contribution in [-0.2, 0) is 9.53 Å². The van der Waals surface area contributed by atoms with Gasteiger partial charge in [0.25, 0.3) is 0 Å². The van der Waals surface area contributed by atoms with Gasteiger partial charge in [-0.1, -0.05) is 13.5 Å². The van der Waals surface area contributed by atoms with Gasteiger partial charge in [-0.3, -0.25) is 0 Å². The molecule has 2 aliphatic carbocycles. The van der Waals surface area contributed by atoms with Crippen LogP contribution >= 0.6 is 0 Å². The Hall–Kier alpha value is -0.830. The lowest BCUT2D eigenvalue weighted by molar-refractivity contribution is -0.140. The van der Waals surface area contributed by atoms with Crippen molar-refractivity contribution in [2.24, 2.45) is 23.2 Å². The molecular formula is C15H22O3. The number of rotatable bonds is 3. The van der Waals surface area contributed by atoms with Crippen LogP contribution in [0.1, 0.15) is 39.5 Å². The summed E-state index contributed by atoms with van der Waals surface area (Å²) in [6.07, 6.45) is 3.88. The van der Waals surface area contributed by atoms with Gasteiger partial charge in [0.2, 0.25) is 0 Å². The summed E-state index contributed by atoms with van der Waals surface area (Å²) in [5, 5.41) is 9.40. The van der Waals surface area contributed by atoms with Crippen LogP contribution in [0.5, 0.6) is 0 Å². The monoisotopic (exact) mass is 250 g/mol. The Bertz CT molecular complexity index is 401. The molecule has 0 amide bonds. The van der Waals surface area contributed by atoms with Crippen LogP contribution in [0.4, 0.5) is 0 Å². The third kappa shape index (κ3) is 1.63. The van der Waals surface area contributed by atoms with Gasteiger partial charge >= 0.3 is 5.97 Å². The average Bonchev–Trinajstić information content (AvgIpc) is 2.77. The van der Waals surface area contributed by atoms with Gasteiger partial charge in [-0.2, -0.15) is 0 Å². The van der Waals surface area contributed by atoms with Crippen LogP contribution in [0.3, 0.4) is 0 Å². The Kier molecular flexibility index (Phi) is 2.60. The molecular weight excluding hydrogens is 228 g/mol. The van der Waals surface area contributed by atoms with Crippen molar-refractivity contribution < 1.29 is 14.6 Å². The number of esters is 1. The van der Waals surface area contributed by atoms with Crippen molar-refractivity contribution in [2.45, 2.75) is 51.7 Å². The van der Waals surface area contributed by atoms with E-state index < -0.39 is 0 Å². The normalized spacial score (nSPS) is 47.3. The van der Waals surface area contributed by atoms with E-state index in [0.717, 1.165) is 25.7 Å². The zero-order valence-corrected chi connectivity index (χ0v) is 11.2. The van der Waals surface area contributed by atoms with E-state index in [2.05, 4.69) is 13.5 Å². The van der Waals surface area contributed by atoms with E-state index in [1.54, 1.807) is 0 Å². The molecule has 0 spiro atoms. The molecule has 3 rings (SSSR count). The summed E-state index contributed by atoms with van der Waals surface area (Å²) in [4.78, 5) is 11.5. The van der Waals surface area contributed by atoms with Crippen molar-refractivity contribution in [1.82, 2.24) is 0 Å². The fourth-order valence-corrected chi connectivity index (χ4v) is 4.31. The number of hydrogen-bond acceptors (Lipinski definition) is 3. The van der Waals surface area contributed by atoms with Gasteiger partial charge < -0.3 is 9.84 Å². The summed E-state index contributed by atoms with van der Waals surface area (Å²) < 4.78 is 5.43. The highest BCUT2D eigenvalue weighted by molar-refractivity contribution is 5.90. The standard InChI is InChI=1S/C15H22O3/c1-8(16)4-5-11-12-6-10-9(2)14(17)18-13(10)7-15(11,12)3/h8,10-13,16H,2,4-7H2,1,3H3. The quantitative estimate of drug-likeness (QED) is 0.617. The van der Waals surface area contributed by atoms with Crippen LogP contribution in [-0.4, -0.2) is 23.3 Å². The number of carbonyl (C=O) groups is 1. The van der Waals surface area contributed by atoms with Crippen LogP contribution in [0, 0.1) is 23.2 Å². The molecule has 18 heavy (non-hydrogen) atoms. The van der Waals surface area contributed by atoms with Crippen molar-refractivity contribution in [2.75, 3.05) is 0 Å². The summed E-state index contributed by atoms with van der Waals surface area (Å²) in [5.41, 5.74) is 1.02. The number of aliphatic hydroxyl groups excluding tert-OH is 1. The summed E-state index contributed by atoms with van der Waals surface area (Å²) in [6, 6.07) is 0. The first-order valence-electron chi connectivity index (χ1n) is 7.01. The molecule has 3 nitrogen and oxygen atoms in total. The Balaban J connectivity index is 1.67. The molecule has 1 N–H and O–H groups in total. The largest absolute Gasteiger partial charge is 0.458 e. The smallest absolute Gasteiger partial charge is 0.334 e. The number of fused-ring (bicyclic) bond motifs is 2. The summed E-state index contributed by atoms with van der Waals surface area (Å²) in [7, 11) is 0. The lowest BCUT2D eigenvalue weighted by Gasteiger charge is -2.27. The lowest BCUT2D eigenvalue weighted by atomic mass is 9.79. The Morgan fingerprint density at radius 3 is 3.00 bits per heavy atom. The van der Waals surface area contributed by atoms with Crippen LogP contribution in [0.25, 0.3) is 0 Å². The molecule has 2 saturated carbocycles. The number of hydrogen-bond donors (Lipinski definition) is 1. The van der Waals surface area contributed by atoms with E-state index in [-0.39, 0.29) is 24.1 Å². The highest BCUT2D eigenvalue weighted by atomic mass is 16.6. The van der Waals surface area contributed by atoms with Crippen LogP contribution in [0.15, 0.2) is 12.2 Å². The molecule has 1 saturated heterocycles. The second kappa shape index (κ2) is 3.83. The number of ether oxygens (including phenoxy) is 1. The van der Waals surface area contributed by atoms with Crippen molar-refractivity contribution in [3.05, 3.63) is 12.2 Å². The molecule has 100 valence electrons. The fourth-order valence-electron chi connectivity index (χ4n) is 4.31. The molecule has 1 aliphatic heterocycles. The molecule has 3 aliphatic rings. The van der Waals surface area contributed by atoms with E-state index in [4.69, 9.17) is 4.74 Å². The van der Waals surface area contributed by atoms with Gasteiger partial charge in [-0.15, -0.1) is 0 Å². The van der Waals surface area contributed by atoms with Gasteiger partial charge in [-0.25, -0.2) is 4.79 Å². The molecule has 1 heterocycles. The maximum absolute atomic E-state index is 11.5. The molecule has 0 aromatic heterocycles. The van der Waals surface area contributed by atoms with E-state index in [1.165, 1.54) is 0 Å². The molecule has 0 aromatic carbocycles. The molecule has 0 radical (unpaired) electrons. The lowest BCUT2D eigenvalue weighted by Crippen LogP contribution is -2.26. The highest BCUT2D eigenvalue weighted by Gasteiger charge is 2.66. The third-order valence-electron chi connectivity index (χ3n) is 5.53. The Morgan fingerprint density at radius 1 is 1.61 bits per heavy atom.